The van der Waals surface area contributed by atoms with E-state index in [2.05, 4.69) is 20.5 Å². The first-order chi connectivity index (χ1) is 15.5. The van der Waals surface area contributed by atoms with Crippen LogP contribution < -0.4 is 14.9 Å². The molecule has 0 saturated carbocycles. The Morgan fingerprint density at radius 3 is 2.44 bits per heavy atom. The fraction of sp³-hybridized carbons (Fsp3) is 0.125. The van der Waals surface area contributed by atoms with E-state index in [-0.39, 0.29) is 0 Å². The third-order valence-electron chi connectivity index (χ3n) is 4.91. The summed E-state index contributed by atoms with van der Waals surface area (Å²) in [5.41, 5.74) is 6.18. The van der Waals surface area contributed by atoms with Crippen molar-refractivity contribution in [2.75, 3.05) is 19.6 Å². The van der Waals surface area contributed by atoms with E-state index in [0.29, 0.717) is 38.8 Å². The second kappa shape index (κ2) is 9.42. The fourth-order valence-electron chi connectivity index (χ4n) is 3.22. The number of aromatic nitrogens is 2. The van der Waals surface area contributed by atoms with Gasteiger partial charge in [-0.05, 0) is 55.5 Å². The minimum atomic E-state index is 0.476. The number of hydrogen-bond donors (Lipinski definition) is 1. The maximum atomic E-state index is 6.39. The van der Waals surface area contributed by atoms with Crippen LogP contribution in [0.5, 0.6) is 11.5 Å². The average Bonchev–Trinajstić information content (AvgIpc) is 2.81. The Hall–Kier alpha value is -3.35. The highest BCUT2D eigenvalue weighted by atomic mass is 35.5. The lowest BCUT2D eigenvalue weighted by Crippen LogP contribution is -2.04. The molecule has 0 aliphatic carbocycles. The van der Waals surface area contributed by atoms with Gasteiger partial charge in [-0.25, -0.2) is 9.97 Å². The molecule has 0 saturated heterocycles. The van der Waals surface area contributed by atoms with Crippen LogP contribution in [0.4, 0.5) is 5.82 Å². The van der Waals surface area contributed by atoms with Crippen molar-refractivity contribution < 1.29 is 9.47 Å². The number of methoxy groups -OCH3 is 2. The Labute approximate surface area is 195 Å². The maximum absolute atomic E-state index is 6.39. The lowest BCUT2D eigenvalue weighted by atomic mass is 10.1. The highest BCUT2D eigenvalue weighted by molar-refractivity contribution is 6.36. The molecule has 0 aliphatic rings. The number of rotatable bonds is 6. The topological polar surface area (TPSA) is 68.6 Å². The Bertz CT molecular complexity index is 1320. The van der Waals surface area contributed by atoms with E-state index in [0.717, 1.165) is 22.2 Å². The SMILES string of the molecule is COc1ccc(/C(C)=N/Nc2nc(-c3ccc(Cl)cc3Cl)nc3ccccc23)cc1OC. The Kier molecular flexibility index (Phi) is 6.44. The van der Waals surface area contributed by atoms with Crippen LogP contribution in [-0.2, 0) is 0 Å². The van der Waals surface area contributed by atoms with Gasteiger partial charge in [0, 0.05) is 21.5 Å². The molecule has 0 bridgehead atoms. The highest BCUT2D eigenvalue weighted by Crippen LogP contribution is 2.31. The van der Waals surface area contributed by atoms with Crippen molar-refractivity contribution in [3.8, 4) is 22.9 Å². The molecule has 3 aromatic carbocycles. The molecule has 32 heavy (non-hydrogen) atoms. The van der Waals surface area contributed by atoms with Crippen molar-refractivity contribution in [1.29, 1.82) is 0 Å². The zero-order valence-electron chi connectivity index (χ0n) is 17.7. The van der Waals surface area contributed by atoms with Crippen molar-refractivity contribution in [3.63, 3.8) is 0 Å². The molecule has 6 nitrogen and oxygen atoms in total. The number of anilines is 1. The third kappa shape index (κ3) is 4.47. The lowest BCUT2D eigenvalue weighted by Gasteiger charge is -2.11. The standard InChI is InChI=1S/C24H20Cl2N4O2/c1-14(15-8-11-21(31-2)22(12-15)32-3)29-30-24-18-6-4-5-7-20(18)27-23(28-24)17-10-9-16(25)13-19(17)26/h4-13H,1-3H3,(H,27,28,30)/b29-14+. The Balaban J connectivity index is 1.74. The smallest absolute Gasteiger partial charge is 0.163 e. The molecule has 4 aromatic rings. The number of nitrogens with zero attached hydrogens (tertiary/aromatic N) is 3. The largest absolute Gasteiger partial charge is 0.493 e. The number of benzene rings is 3. The summed E-state index contributed by atoms with van der Waals surface area (Å²) in [6.45, 7) is 1.90. The van der Waals surface area contributed by atoms with Gasteiger partial charge in [-0.3, -0.25) is 5.43 Å². The minimum Gasteiger partial charge on any atom is -0.493 e. The summed E-state index contributed by atoms with van der Waals surface area (Å²) in [6, 6.07) is 18.6. The zero-order valence-corrected chi connectivity index (χ0v) is 19.2. The number of hydrogen-bond acceptors (Lipinski definition) is 6. The normalized spacial score (nSPS) is 11.5. The molecular formula is C24H20Cl2N4O2. The summed E-state index contributed by atoms with van der Waals surface area (Å²) in [4.78, 5) is 9.35. The highest BCUT2D eigenvalue weighted by Gasteiger charge is 2.13. The number of para-hydroxylation sites is 1. The Morgan fingerprint density at radius 1 is 0.906 bits per heavy atom. The molecule has 4 rings (SSSR count). The molecule has 0 aliphatic heterocycles. The second-order valence-electron chi connectivity index (χ2n) is 6.92. The van der Waals surface area contributed by atoms with Gasteiger partial charge in [0.2, 0.25) is 0 Å². The van der Waals surface area contributed by atoms with Crippen LogP contribution in [0.2, 0.25) is 10.0 Å². The predicted molar refractivity (Wildman–Crippen MR) is 130 cm³/mol. The Morgan fingerprint density at radius 2 is 1.69 bits per heavy atom. The molecule has 0 spiro atoms. The van der Waals surface area contributed by atoms with E-state index in [1.165, 1.54) is 0 Å². The molecule has 0 amide bonds. The number of hydrazone groups is 1. The molecule has 1 aromatic heterocycles. The van der Waals surface area contributed by atoms with Crippen molar-refractivity contribution in [2.45, 2.75) is 6.92 Å². The van der Waals surface area contributed by atoms with Gasteiger partial charge in [0.15, 0.2) is 23.1 Å². The first-order valence-electron chi connectivity index (χ1n) is 9.75. The summed E-state index contributed by atoms with van der Waals surface area (Å²) in [7, 11) is 3.20. The van der Waals surface area contributed by atoms with Crippen molar-refractivity contribution in [1.82, 2.24) is 9.97 Å². The fourth-order valence-corrected chi connectivity index (χ4v) is 3.71. The second-order valence-corrected chi connectivity index (χ2v) is 7.76. The van der Waals surface area contributed by atoms with Gasteiger partial charge in [0.25, 0.3) is 0 Å². The molecule has 8 heteroatoms. The van der Waals surface area contributed by atoms with E-state index >= 15 is 0 Å². The first kappa shape index (κ1) is 21.9. The van der Waals surface area contributed by atoms with Crippen molar-refractivity contribution >= 4 is 45.6 Å². The maximum Gasteiger partial charge on any atom is 0.163 e. The van der Waals surface area contributed by atoms with Crippen LogP contribution in [-0.4, -0.2) is 29.9 Å². The van der Waals surface area contributed by atoms with E-state index in [9.17, 15) is 0 Å². The minimum absolute atomic E-state index is 0.476. The van der Waals surface area contributed by atoms with Crippen molar-refractivity contribution in [2.24, 2.45) is 5.10 Å². The van der Waals surface area contributed by atoms with Crippen LogP contribution in [0.1, 0.15) is 12.5 Å². The van der Waals surface area contributed by atoms with E-state index in [1.807, 2.05) is 49.4 Å². The van der Waals surface area contributed by atoms with Crippen LogP contribution in [0.3, 0.4) is 0 Å². The predicted octanol–water partition coefficient (Wildman–Crippen LogP) is 6.46. The van der Waals surface area contributed by atoms with E-state index in [4.69, 9.17) is 32.7 Å². The summed E-state index contributed by atoms with van der Waals surface area (Å²) in [5, 5.41) is 6.41. The van der Waals surface area contributed by atoms with Gasteiger partial charge in [0.1, 0.15) is 0 Å². The number of nitrogens with one attached hydrogen (secondary N) is 1. The van der Waals surface area contributed by atoms with E-state index < -0.39 is 0 Å². The molecule has 0 unspecified atom stereocenters. The van der Waals surface area contributed by atoms with Gasteiger partial charge < -0.3 is 9.47 Å². The number of ether oxygens (including phenoxy) is 2. The van der Waals surface area contributed by atoms with Crippen molar-refractivity contribution in [3.05, 3.63) is 76.3 Å². The first-order valence-corrected chi connectivity index (χ1v) is 10.5. The van der Waals surface area contributed by atoms with Gasteiger partial charge in [-0.1, -0.05) is 35.3 Å². The molecule has 1 heterocycles. The molecule has 1 N–H and O–H groups in total. The monoisotopic (exact) mass is 466 g/mol. The lowest BCUT2D eigenvalue weighted by molar-refractivity contribution is 0.355. The number of halogens is 2. The van der Waals surface area contributed by atoms with Gasteiger partial charge in [-0.15, -0.1) is 0 Å². The van der Waals surface area contributed by atoms with Gasteiger partial charge in [0.05, 0.1) is 30.5 Å². The molecule has 0 radical (unpaired) electrons. The van der Waals surface area contributed by atoms with Crippen LogP contribution in [0, 0.1) is 0 Å². The van der Waals surface area contributed by atoms with Gasteiger partial charge >= 0.3 is 0 Å². The summed E-state index contributed by atoms with van der Waals surface area (Å²) < 4.78 is 10.7. The summed E-state index contributed by atoms with van der Waals surface area (Å²) in [5.74, 6) is 2.33. The van der Waals surface area contributed by atoms with Crippen LogP contribution in [0.25, 0.3) is 22.3 Å². The van der Waals surface area contributed by atoms with Gasteiger partial charge in [-0.2, -0.15) is 5.10 Å². The quantitative estimate of drug-likeness (QED) is 0.261. The van der Waals surface area contributed by atoms with Crippen LogP contribution >= 0.6 is 23.2 Å². The molecule has 162 valence electrons. The molecule has 0 fully saturated rings. The summed E-state index contributed by atoms with van der Waals surface area (Å²) in [6.07, 6.45) is 0. The number of fused-ring (bicyclic) bond motifs is 1. The third-order valence-corrected chi connectivity index (χ3v) is 5.45. The van der Waals surface area contributed by atoms with E-state index in [1.54, 1.807) is 32.4 Å². The molecular weight excluding hydrogens is 447 g/mol. The molecule has 0 atom stereocenters. The average molecular weight is 467 g/mol. The summed E-state index contributed by atoms with van der Waals surface area (Å²) >= 11 is 12.4. The zero-order chi connectivity index (χ0) is 22.7. The van der Waals surface area contributed by atoms with Crippen LogP contribution in [0.15, 0.2) is 65.8 Å².